The van der Waals surface area contributed by atoms with Gasteiger partial charge in [0.1, 0.15) is 11.4 Å². The van der Waals surface area contributed by atoms with Crippen molar-refractivity contribution >= 4 is 39.9 Å². The summed E-state index contributed by atoms with van der Waals surface area (Å²) >= 11 is 1.07. The van der Waals surface area contributed by atoms with Gasteiger partial charge in [0.25, 0.3) is 5.69 Å². The summed E-state index contributed by atoms with van der Waals surface area (Å²) in [4.78, 5) is 30.6. The summed E-state index contributed by atoms with van der Waals surface area (Å²) < 4.78 is 39.8. The quantitative estimate of drug-likeness (QED) is 0.278. The number of rotatable bonds is 5. The van der Waals surface area contributed by atoms with E-state index in [0.29, 0.717) is 22.0 Å². The number of nitro benzene ring substituents is 1. The molecule has 0 aliphatic carbocycles. The van der Waals surface area contributed by atoms with Gasteiger partial charge in [-0.2, -0.15) is 13.2 Å². The number of alkyl halides is 3. The Kier molecular flexibility index (Phi) is 5.69. The smallest absolute Gasteiger partial charge is 0.325 e. The highest BCUT2D eigenvalue weighted by Gasteiger charge is 2.36. The standard InChI is InChI=1S/C18H13F3N4O3S/c1-10(29-17-12-4-2-3-5-14(12)22-9-23-17)16(26)24-15-7-6-11(25(27)28)8-13(15)18(19,20)21/h2-10H,1H3,(H,24,26). The number of nitrogens with one attached hydrogen (secondary N) is 1. The Morgan fingerprint density at radius 2 is 1.93 bits per heavy atom. The summed E-state index contributed by atoms with van der Waals surface area (Å²) in [5.74, 6) is -0.697. The lowest BCUT2D eigenvalue weighted by Gasteiger charge is -2.16. The Labute approximate surface area is 166 Å². The molecule has 1 amide bonds. The van der Waals surface area contributed by atoms with Crippen molar-refractivity contribution in [3.63, 3.8) is 0 Å². The van der Waals surface area contributed by atoms with E-state index in [2.05, 4.69) is 15.3 Å². The van der Waals surface area contributed by atoms with Crippen LogP contribution in [0, 0.1) is 10.1 Å². The number of carbonyl (C=O) groups is 1. The summed E-state index contributed by atoms with van der Waals surface area (Å²) in [6.07, 6.45) is -3.53. The zero-order valence-corrected chi connectivity index (χ0v) is 15.6. The molecule has 150 valence electrons. The van der Waals surface area contributed by atoms with Gasteiger partial charge in [-0.1, -0.05) is 30.0 Å². The Bertz CT molecular complexity index is 1090. The van der Waals surface area contributed by atoms with Gasteiger partial charge < -0.3 is 5.32 Å². The molecular weight excluding hydrogens is 409 g/mol. The van der Waals surface area contributed by atoms with Gasteiger partial charge in [-0.15, -0.1) is 0 Å². The van der Waals surface area contributed by atoms with E-state index in [-0.39, 0.29) is 0 Å². The summed E-state index contributed by atoms with van der Waals surface area (Å²) in [5.41, 5.74) is -1.88. The van der Waals surface area contributed by atoms with E-state index in [1.807, 2.05) is 0 Å². The molecule has 0 aliphatic rings. The minimum atomic E-state index is -4.87. The fourth-order valence-electron chi connectivity index (χ4n) is 2.52. The van der Waals surface area contributed by atoms with Crippen molar-refractivity contribution in [3.8, 4) is 0 Å². The number of benzene rings is 2. The molecule has 1 atom stereocenters. The molecule has 7 nitrogen and oxygen atoms in total. The molecule has 1 unspecified atom stereocenters. The lowest BCUT2D eigenvalue weighted by Crippen LogP contribution is -2.24. The van der Waals surface area contributed by atoms with Crippen molar-refractivity contribution < 1.29 is 22.9 Å². The number of fused-ring (bicyclic) bond motifs is 1. The third-order valence-electron chi connectivity index (χ3n) is 3.94. The summed E-state index contributed by atoms with van der Waals surface area (Å²) in [5, 5.41) is 13.4. The van der Waals surface area contributed by atoms with E-state index in [9.17, 15) is 28.1 Å². The van der Waals surface area contributed by atoms with Crippen LogP contribution in [0.5, 0.6) is 0 Å². The van der Waals surface area contributed by atoms with Crippen LogP contribution in [0.15, 0.2) is 53.8 Å². The first kappa shape index (κ1) is 20.5. The number of carbonyl (C=O) groups excluding carboxylic acids is 1. The van der Waals surface area contributed by atoms with Crippen LogP contribution < -0.4 is 5.32 Å². The monoisotopic (exact) mass is 422 g/mol. The van der Waals surface area contributed by atoms with Crippen LogP contribution in [-0.2, 0) is 11.0 Å². The molecule has 11 heteroatoms. The third-order valence-corrected chi connectivity index (χ3v) is 5.06. The zero-order valence-electron chi connectivity index (χ0n) is 14.8. The number of anilines is 1. The molecule has 2 aromatic carbocycles. The molecule has 0 bridgehead atoms. The van der Waals surface area contributed by atoms with Gasteiger partial charge in [-0.3, -0.25) is 14.9 Å². The van der Waals surface area contributed by atoms with Crippen molar-refractivity contribution in [2.24, 2.45) is 0 Å². The van der Waals surface area contributed by atoms with Crippen molar-refractivity contribution in [1.29, 1.82) is 0 Å². The predicted octanol–water partition coefficient (Wildman–Crippen LogP) is 4.68. The highest BCUT2D eigenvalue weighted by molar-refractivity contribution is 8.00. The lowest BCUT2D eigenvalue weighted by molar-refractivity contribution is -0.385. The Morgan fingerprint density at radius 3 is 2.62 bits per heavy atom. The Hall–Kier alpha value is -3.21. The number of amides is 1. The normalized spacial score (nSPS) is 12.6. The van der Waals surface area contributed by atoms with Gasteiger partial charge in [0.2, 0.25) is 5.91 Å². The van der Waals surface area contributed by atoms with Crippen LogP contribution in [0.3, 0.4) is 0 Å². The molecule has 0 spiro atoms. The maximum atomic E-state index is 13.3. The van der Waals surface area contributed by atoms with Crippen LogP contribution in [-0.4, -0.2) is 26.0 Å². The number of hydrogen-bond acceptors (Lipinski definition) is 6. The molecule has 3 rings (SSSR count). The first-order valence-corrected chi connectivity index (χ1v) is 9.07. The van der Waals surface area contributed by atoms with Gasteiger partial charge in [0.05, 0.1) is 26.9 Å². The van der Waals surface area contributed by atoms with Crippen molar-refractivity contribution in [2.75, 3.05) is 5.32 Å². The SMILES string of the molecule is CC(Sc1ncnc2ccccc12)C(=O)Nc1ccc([N+](=O)[O-])cc1C(F)(F)F. The molecule has 1 heterocycles. The van der Waals surface area contributed by atoms with Crippen LogP contribution in [0.25, 0.3) is 10.9 Å². The largest absolute Gasteiger partial charge is 0.418 e. The zero-order chi connectivity index (χ0) is 21.2. The van der Waals surface area contributed by atoms with Crippen LogP contribution in [0.2, 0.25) is 0 Å². The van der Waals surface area contributed by atoms with Gasteiger partial charge in [0.15, 0.2) is 0 Å². The van der Waals surface area contributed by atoms with Gasteiger partial charge >= 0.3 is 6.18 Å². The van der Waals surface area contributed by atoms with Crippen molar-refractivity contribution in [3.05, 3.63) is 64.5 Å². The van der Waals surface area contributed by atoms with Gasteiger partial charge in [0, 0.05) is 17.5 Å². The lowest BCUT2D eigenvalue weighted by atomic mass is 10.1. The average Bonchev–Trinajstić information content (AvgIpc) is 2.67. The molecule has 29 heavy (non-hydrogen) atoms. The molecular formula is C18H13F3N4O3S. The average molecular weight is 422 g/mol. The van der Waals surface area contributed by atoms with E-state index >= 15 is 0 Å². The first-order chi connectivity index (χ1) is 13.7. The highest BCUT2D eigenvalue weighted by Crippen LogP contribution is 2.37. The van der Waals surface area contributed by atoms with Crippen LogP contribution in [0.1, 0.15) is 12.5 Å². The van der Waals surface area contributed by atoms with Crippen LogP contribution >= 0.6 is 11.8 Å². The minimum Gasteiger partial charge on any atom is -0.325 e. The van der Waals surface area contributed by atoms with E-state index in [1.54, 1.807) is 24.3 Å². The van der Waals surface area contributed by atoms with E-state index in [1.165, 1.54) is 13.3 Å². The maximum absolute atomic E-state index is 13.3. The van der Waals surface area contributed by atoms with Crippen molar-refractivity contribution in [2.45, 2.75) is 23.4 Å². The number of hydrogen-bond donors (Lipinski definition) is 1. The fraction of sp³-hybridized carbons (Fsp3) is 0.167. The summed E-state index contributed by atoms with van der Waals surface area (Å²) in [7, 11) is 0. The van der Waals surface area contributed by atoms with Crippen molar-refractivity contribution in [1.82, 2.24) is 9.97 Å². The van der Waals surface area contributed by atoms with E-state index < -0.39 is 39.2 Å². The second kappa shape index (κ2) is 8.03. The molecule has 3 aromatic rings. The fourth-order valence-corrected chi connectivity index (χ4v) is 3.43. The number of nitro groups is 1. The molecule has 1 aromatic heterocycles. The molecule has 0 aliphatic heterocycles. The number of thioether (sulfide) groups is 1. The number of non-ortho nitro benzene ring substituents is 1. The molecule has 0 saturated carbocycles. The second-order valence-corrected chi connectivity index (χ2v) is 7.26. The van der Waals surface area contributed by atoms with Gasteiger partial charge in [-0.25, -0.2) is 9.97 Å². The minimum absolute atomic E-state index is 0.394. The second-order valence-electron chi connectivity index (χ2n) is 5.93. The predicted molar refractivity (Wildman–Crippen MR) is 102 cm³/mol. The number of nitrogens with zero attached hydrogens (tertiary/aromatic N) is 3. The molecule has 0 radical (unpaired) electrons. The Morgan fingerprint density at radius 1 is 1.21 bits per heavy atom. The van der Waals surface area contributed by atoms with E-state index in [0.717, 1.165) is 23.9 Å². The molecule has 1 N–H and O–H groups in total. The summed E-state index contributed by atoms with van der Waals surface area (Å²) in [6.45, 7) is 1.52. The molecule has 0 fully saturated rings. The topological polar surface area (TPSA) is 98.0 Å². The van der Waals surface area contributed by atoms with Crippen LogP contribution in [0.4, 0.5) is 24.5 Å². The molecule has 0 saturated heterocycles. The maximum Gasteiger partial charge on any atom is 0.418 e. The highest BCUT2D eigenvalue weighted by atomic mass is 32.2. The number of aromatic nitrogens is 2. The number of halogens is 3. The van der Waals surface area contributed by atoms with E-state index in [4.69, 9.17) is 0 Å². The van der Waals surface area contributed by atoms with Gasteiger partial charge in [-0.05, 0) is 19.1 Å². The third kappa shape index (κ3) is 4.62. The first-order valence-electron chi connectivity index (χ1n) is 8.19. The summed E-state index contributed by atoms with van der Waals surface area (Å²) in [6, 6.07) is 9.31. The Balaban J connectivity index is 1.83. The number of para-hydroxylation sites is 1.